The van der Waals surface area contributed by atoms with Gasteiger partial charge in [-0.3, -0.25) is 13.9 Å². The fourth-order valence-corrected chi connectivity index (χ4v) is 5.05. The van der Waals surface area contributed by atoms with Crippen LogP contribution in [0.25, 0.3) is 0 Å². The summed E-state index contributed by atoms with van der Waals surface area (Å²) in [5.74, 6) is -0.393. The second kappa shape index (κ2) is 12.2. The molecule has 0 bridgehead atoms. The Bertz CT molecular complexity index is 1120. The van der Waals surface area contributed by atoms with Crippen molar-refractivity contribution in [3.05, 3.63) is 64.7 Å². The predicted molar refractivity (Wildman–Crippen MR) is 142 cm³/mol. The molecule has 1 atom stereocenters. The lowest BCUT2D eigenvalue weighted by Gasteiger charge is -2.34. The molecule has 0 aliphatic carbocycles. The van der Waals surface area contributed by atoms with Gasteiger partial charge in [0.2, 0.25) is 21.8 Å². The number of nitrogens with one attached hydrogen (secondary N) is 1. The van der Waals surface area contributed by atoms with E-state index in [0.29, 0.717) is 18.7 Å². The zero-order chi connectivity index (χ0) is 26.3. The number of sulfonamides is 1. The molecule has 1 N–H and O–H groups in total. The fourth-order valence-electron chi connectivity index (χ4n) is 4.09. The number of hydrogen-bond donors (Lipinski definition) is 1. The van der Waals surface area contributed by atoms with Gasteiger partial charge in [0.1, 0.15) is 12.6 Å². The normalized spacial score (nSPS) is 12.3. The van der Waals surface area contributed by atoms with E-state index in [0.717, 1.165) is 32.8 Å². The number of para-hydroxylation sites is 1. The molecular weight excluding hydrogens is 462 g/mol. The van der Waals surface area contributed by atoms with Crippen molar-refractivity contribution in [1.82, 2.24) is 10.2 Å². The summed E-state index contributed by atoms with van der Waals surface area (Å²) in [5, 5.41) is 2.94. The Hall–Kier alpha value is -2.87. The molecule has 2 amide bonds. The third-order valence-corrected chi connectivity index (χ3v) is 7.15. The monoisotopic (exact) mass is 501 g/mol. The number of carbonyl (C=O) groups is 2. The first kappa shape index (κ1) is 28.4. The highest BCUT2D eigenvalue weighted by Crippen LogP contribution is 2.27. The molecule has 2 rings (SSSR count). The molecule has 7 nitrogen and oxygen atoms in total. The summed E-state index contributed by atoms with van der Waals surface area (Å²) in [4.78, 5) is 28.4. The van der Waals surface area contributed by atoms with Crippen LogP contribution in [-0.2, 0) is 26.2 Å². The predicted octanol–water partition coefficient (Wildman–Crippen LogP) is 3.96. The number of amides is 2. The van der Waals surface area contributed by atoms with Crippen LogP contribution in [0.3, 0.4) is 0 Å². The van der Waals surface area contributed by atoms with Gasteiger partial charge in [-0.25, -0.2) is 8.42 Å². The van der Waals surface area contributed by atoms with Crippen molar-refractivity contribution < 1.29 is 18.0 Å². The lowest BCUT2D eigenvalue weighted by atomic mass is 10.1. The molecular formula is C27H39N3O4S. The van der Waals surface area contributed by atoms with Gasteiger partial charge in [-0.2, -0.15) is 0 Å². The molecule has 2 aromatic rings. The summed E-state index contributed by atoms with van der Waals surface area (Å²) >= 11 is 0. The van der Waals surface area contributed by atoms with Gasteiger partial charge in [-0.15, -0.1) is 0 Å². The first-order valence-electron chi connectivity index (χ1n) is 12.0. The minimum atomic E-state index is -3.76. The van der Waals surface area contributed by atoms with Crippen LogP contribution in [0.2, 0.25) is 0 Å². The van der Waals surface area contributed by atoms with Gasteiger partial charge in [0.05, 0.1) is 11.9 Å². The molecule has 0 aliphatic rings. The van der Waals surface area contributed by atoms with Crippen LogP contribution >= 0.6 is 0 Å². The van der Waals surface area contributed by atoms with Crippen LogP contribution in [0, 0.1) is 26.7 Å². The van der Waals surface area contributed by atoms with Gasteiger partial charge in [-0.05, 0) is 55.4 Å². The van der Waals surface area contributed by atoms with Crippen LogP contribution in [0.4, 0.5) is 5.69 Å². The Morgan fingerprint density at radius 3 is 2.03 bits per heavy atom. The number of nitrogens with zero attached hydrogens (tertiary/aromatic N) is 2. The molecule has 0 fully saturated rings. The highest BCUT2D eigenvalue weighted by atomic mass is 32.2. The molecule has 0 unspecified atom stereocenters. The third-order valence-electron chi connectivity index (χ3n) is 6.04. The summed E-state index contributed by atoms with van der Waals surface area (Å²) in [6, 6.07) is 12.5. The zero-order valence-corrected chi connectivity index (χ0v) is 22.8. The van der Waals surface area contributed by atoms with E-state index in [4.69, 9.17) is 0 Å². The van der Waals surface area contributed by atoms with E-state index in [9.17, 15) is 18.0 Å². The number of carbonyl (C=O) groups excluding carboxylic acids is 2. The van der Waals surface area contributed by atoms with E-state index in [1.54, 1.807) is 0 Å². The SMILES string of the molecule is CC[C@H](C(=O)NCC(C)C)N(Cc1ccccc1C)C(=O)CN(c1c(C)cccc1C)S(C)(=O)=O. The zero-order valence-electron chi connectivity index (χ0n) is 22.0. The Morgan fingerprint density at radius 2 is 1.51 bits per heavy atom. The van der Waals surface area contributed by atoms with E-state index < -0.39 is 22.0 Å². The Morgan fingerprint density at radius 1 is 0.943 bits per heavy atom. The first-order valence-corrected chi connectivity index (χ1v) is 13.9. The maximum atomic E-state index is 13.8. The van der Waals surface area contributed by atoms with Crippen LogP contribution in [0.1, 0.15) is 49.4 Å². The summed E-state index contributed by atoms with van der Waals surface area (Å²) in [5.41, 5.74) is 3.92. The number of anilines is 1. The molecule has 0 aliphatic heterocycles. The van der Waals surface area contributed by atoms with Crippen molar-refractivity contribution in [2.75, 3.05) is 23.7 Å². The smallest absolute Gasteiger partial charge is 0.244 e. The second-order valence-electron chi connectivity index (χ2n) is 9.52. The maximum Gasteiger partial charge on any atom is 0.244 e. The van der Waals surface area contributed by atoms with Gasteiger partial charge in [0.25, 0.3) is 0 Å². The molecule has 2 aromatic carbocycles. The number of rotatable bonds is 11. The van der Waals surface area contributed by atoms with Crippen molar-refractivity contribution in [2.24, 2.45) is 5.92 Å². The summed E-state index contributed by atoms with van der Waals surface area (Å²) in [7, 11) is -3.76. The summed E-state index contributed by atoms with van der Waals surface area (Å²) < 4.78 is 26.8. The van der Waals surface area contributed by atoms with E-state index in [-0.39, 0.29) is 24.9 Å². The molecule has 35 heavy (non-hydrogen) atoms. The molecule has 8 heteroatoms. The first-order chi connectivity index (χ1) is 16.4. The van der Waals surface area contributed by atoms with Gasteiger partial charge >= 0.3 is 0 Å². The molecule has 0 saturated carbocycles. The van der Waals surface area contributed by atoms with Crippen molar-refractivity contribution in [3.63, 3.8) is 0 Å². The number of hydrogen-bond acceptors (Lipinski definition) is 4. The van der Waals surface area contributed by atoms with E-state index in [2.05, 4.69) is 5.32 Å². The van der Waals surface area contributed by atoms with Crippen LogP contribution in [-0.4, -0.2) is 50.5 Å². The fraction of sp³-hybridized carbons (Fsp3) is 0.481. The molecule has 192 valence electrons. The van der Waals surface area contributed by atoms with Gasteiger partial charge in [-0.1, -0.05) is 63.2 Å². The standard InChI is InChI=1S/C27H39N3O4S/c1-8-24(27(32)28-16-19(2)3)29(17-23-15-10-9-12-20(23)4)25(31)18-30(35(7,33)34)26-21(5)13-11-14-22(26)6/h9-15,19,24H,8,16-18H2,1-7H3,(H,28,32)/t24-/m1/s1. The van der Waals surface area contributed by atoms with Crippen LogP contribution in [0.15, 0.2) is 42.5 Å². The highest BCUT2D eigenvalue weighted by molar-refractivity contribution is 7.92. The van der Waals surface area contributed by atoms with Crippen LogP contribution < -0.4 is 9.62 Å². The van der Waals surface area contributed by atoms with Gasteiger partial charge in [0, 0.05) is 13.1 Å². The van der Waals surface area contributed by atoms with Crippen molar-refractivity contribution in [2.45, 2.75) is 60.5 Å². The molecule has 0 saturated heterocycles. The quantitative estimate of drug-likeness (QED) is 0.505. The van der Waals surface area contributed by atoms with Gasteiger partial charge < -0.3 is 10.2 Å². The third kappa shape index (κ3) is 7.56. The average Bonchev–Trinajstić information content (AvgIpc) is 2.77. The minimum absolute atomic E-state index is 0.212. The van der Waals surface area contributed by atoms with Gasteiger partial charge in [0.15, 0.2) is 0 Å². The van der Waals surface area contributed by atoms with Crippen molar-refractivity contribution in [1.29, 1.82) is 0 Å². The lowest BCUT2D eigenvalue weighted by molar-refractivity contribution is -0.140. The molecule has 0 heterocycles. The summed E-state index contributed by atoms with van der Waals surface area (Å²) in [6.07, 6.45) is 1.51. The van der Waals surface area contributed by atoms with E-state index >= 15 is 0 Å². The Kier molecular flexibility index (Phi) is 9.89. The molecule has 0 radical (unpaired) electrons. The topological polar surface area (TPSA) is 86.8 Å². The van der Waals surface area contributed by atoms with Crippen LogP contribution in [0.5, 0.6) is 0 Å². The largest absolute Gasteiger partial charge is 0.354 e. The van der Waals surface area contributed by atoms with E-state index in [1.807, 2.05) is 84.0 Å². The highest BCUT2D eigenvalue weighted by Gasteiger charge is 2.32. The van der Waals surface area contributed by atoms with E-state index in [1.165, 1.54) is 4.90 Å². The molecule has 0 aromatic heterocycles. The Balaban J connectivity index is 2.49. The molecule has 0 spiro atoms. The van der Waals surface area contributed by atoms with Crippen molar-refractivity contribution >= 4 is 27.5 Å². The van der Waals surface area contributed by atoms with Crippen molar-refractivity contribution in [3.8, 4) is 0 Å². The average molecular weight is 502 g/mol. The lowest BCUT2D eigenvalue weighted by Crippen LogP contribution is -2.52. The minimum Gasteiger partial charge on any atom is -0.354 e. The second-order valence-corrected chi connectivity index (χ2v) is 11.4. The Labute approximate surface area is 210 Å². The number of aryl methyl sites for hydroxylation is 3. The summed E-state index contributed by atoms with van der Waals surface area (Å²) in [6.45, 7) is 11.8. The maximum absolute atomic E-state index is 13.8. The number of benzene rings is 2.